The third kappa shape index (κ3) is 3.28. The summed E-state index contributed by atoms with van der Waals surface area (Å²) in [6.45, 7) is 0. The largest absolute Gasteiger partial charge is 0.507 e. The highest BCUT2D eigenvalue weighted by molar-refractivity contribution is 5.73. The van der Waals surface area contributed by atoms with Crippen molar-refractivity contribution in [3.63, 3.8) is 0 Å². The van der Waals surface area contributed by atoms with Crippen LogP contribution in [0.3, 0.4) is 0 Å². The summed E-state index contributed by atoms with van der Waals surface area (Å²) in [5.41, 5.74) is 2.78. The Labute approximate surface area is 173 Å². The molecule has 2 aliphatic rings. The van der Waals surface area contributed by atoms with Crippen molar-refractivity contribution in [1.29, 1.82) is 0 Å². The molecule has 2 saturated heterocycles. The first kappa shape index (κ1) is 18.9. The van der Waals surface area contributed by atoms with Crippen molar-refractivity contribution in [2.75, 3.05) is 11.9 Å². The van der Waals surface area contributed by atoms with E-state index in [2.05, 4.69) is 25.6 Å². The number of nitrogens with zero attached hydrogens (tertiary/aromatic N) is 6. The van der Waals surface area contributed by atoms with Gasteiger partial charge in [0.05, 0.1) is 18.4 Å². The van der Waals surface area contributed by atoms with Crippen LogP contribution in [0.25, 0.3) is 22.4 Å². The van der Waals surface area contributed by atoms with E-state index in [1.807, 2.05) is 26.4 Å². The monoisotopic (exact) mass is 409 g/mol. The molecule has 3 aromatic rings. The smallest absolute Gasteiger partial charge is 0.245 e. The highest BCUT2D eigenvalue weighted by Gasteiger charge is 2.44. The maximum Gasteiger partial charge on any atom is 0.245 e. The van der Waals surface area contributed by atoms with E-state index >= 15 is 0 Å². The Balaban J connectivity index is 1.36. The lowest BCUT2D eigenvalue weighted by Crippen LogP contribution is -2.55. The van der Waals surface area contributed by atoms with Crippen LogP contribution in [0.5, 0.6) is 5.75 Å². The molecule has 2 aromatic heterocycles. The van der Waals surface area contributed by atoms with E-state index in [9.17, 15) is 9.50 Å². The second-order valence-electron chi connectivity index (χ2n) is 8.18. The first-order chi connectivity index (χ1) is 14.5. The molecule has 2 aliphatic heterocycles. The van der Waals surface area contributed by atoms with E-state index in [0.717, 1.165) is 30.4 Å². The van der Waals surface area contributed by atoms with Gasteiger partial charge in [0, 0.05) is 43.5 Å². The minimum Gasteiger partial charge on any atom is -0.507 e. The number of aromatic nitrogens is 5. The highest BCUT2D eigenvalue weighted by atomic mass is 19.1. The molecule has 0 aliphatic carbocycles. The number of alkyl halides is 1. The van der Waals surface area contributed by atoms with Gasteiger partial charge in [-0.3, -0.25) is 4.68 Å². The Hall–Kier alpha value is -3.07. The number of aryl methyl sites for hydroxylation is 1. The van der Waals surface area contributed by atoms with E-state index in [4.69, 9.17) is 0 Å². The number of anilines is 1. The van der Waals surface area contributed by atoms with Crippen molar-refractivity contribution >= 4 is 5.95 Å². The van der Waals surface area contributed by atoms with Gasteiger partial charge in [0.1, 0.15) is 17.6 Å². The number of fused-ring (bicyclic) bond motifs is 2. The van der Waals surface area contributed by atoms with E-state index < -0.39 is 6.17 Å². The van der Waals surface area contributed by atoms with Crippen molar-refractivity contribution < 1.29 is 9.50 Å². The zero-order valence-corrected chi connectivity index (χ0v) is 16.9. The van der Waals surface area contributed by atoms with E-state index in [-0.39, 0.29) is 17.8 Å². The number of piperidine rings is 1. The van der Waals surface area contributed by atoms with Gasteiger partial charge in [-0.25, -0.2) is 9.37 Å². The third-order valence-electron chi connectivity index (χ3n) is 6.23. The van der Waals surface area contributed by atoms with Crippen molar-refractivity contribution in [2.24, 2.45) is 7.05 Å². The Bertz CT molecular complexity index is 1050. The molecule has 0 radical (unpaired) electrons. The van der Waals surface area contributed by atoms with Crippen molar-refractivity contribution in [1.82, 2.24) is 30.3 Å². The van der Waals surface area contributed by atoms with Crippen molar-refractivity contribution in [3.8, 4) is 28.1 Å². The van der Waals surface area contributed by atoms with Crippen LogP contribution in [0.4, 0.5) is 10.3 Å². The lowest BCUT2D eigenvalue weighted by Gasteiger charge is -2.38. The van der Waals surface area contributed by atoms with E-state index in [1.54, 1.807) is 34.1 Å². The lowest BCUT2D eigenvalue weighted by atomic mass is 9.97. The summed E-state index contributed by atoms with van der Waals surface area (Å²) in [6, 6.07) is 5.37. The SMILES string of the molecule is CN(c1ncc(-c2ccc(-c3cnn(C)c3)cc2O)nn1)[C@@H]1C[C@@H]2CC[C@@H](N2)[C@@H]1F. The number of aromatic hydroxyl groups is 1. The second-order valence-corrected chi connectivity index (χ2v) is 8.18. The summed E-state index contributed by atoms with van der Waals surface area (Å²) in [4.78, 5) is 6.19. The molecule has 156 valence electrons. The van der Waals surface area contributed by atoms with Gasteiger partial charge in [0.2, 0.25) is 5.95 Å². The van der Waals surface area contributed by atoms with Gasteiger partial charge in [-0.05, 0) is 37.0 Å². The normalized spacial score (nSPS) is 25.4. The van der Waals surface area contributed by atoms with Crippen molar-refractivity contribution in [3.05, 3.63) is 36.8 Å². The molecule has 9 heteroatoms. The molecule has 8 nitrogen and oxygen atoms in total. The molecule has 2 bridgehead atoms. The first-order valence-electron chi connectivity index (χ1n) is 10.1. The molecule has 1 aromatic carbocycles. The number of hydrogen-bond donors (Lipinski definition) is 2. The fourth-order valence-corrected chi connectivity index (χ4v) is 4.55. The van der Waals surface area contributed by atoms with Crippen LogP contribution in [0.15, 0.2) is 36.8 Å². The predicted molar refractivity (Wildman–Crippen MR) is 111 cm³/mol. The highest BCUT2D eigenvalue weighted by Crippen LogP contribution is 2.34. The Morgan fingerprint density at radius 3 is 2.77 bits per heavy atom. The summed E-state index contributed by atoms with van der Waals surface area (Å²) in [6.07, 6.45) is 6.86. The maximum atomic E-state index is 14.8. The number of benzene rings is 1. The van der Waals surface area contributed by atoms with Crippen LogP contribution in [0.2, 0.25) is 0 Å². The molecule has 0 spiro atoms. The standard InChI is InChI=1S/C21H24FN7O/c1-28-11-13(9-24-28)12-3-5-15(19(30)7-12)17-10-23-21(27-26-17)29(2)18-8-14-4-6-16(25-14)20(18)22/h3,5,7,9-11,14,16,18,20,25,30H,4,6,8H2,1-2H3/t14-,16+,18+,20-/m0/s1. The third-order valence-corrected chi connectivity index (χ3v) is 6.23. The van der Waals surface area contributed by atoms with Gasteiger partial charge >= 0.3 is 0 Å². The van der Waals surface area contributed by atoms with Crippen LogP contribution >= 0.6 is 0 Å². The van der Waals surface area contributed by atoms with Gasteiger partial charge in [0.25, 0.3) is 0 Å². The topological polar surface area (TPSA) is 92.0 Å². The summed E-state index contributed by atoms with van der Waals surface area (Å²) < 4.78 is 16.5. The summed E-state index contributed by atoms with van der Waals surface area (Å²) >= 11 is 0. The number of phenols is 1. The number of rotatable bonds is 4. The van der Waals surface area contributed by atoms with Gasteiger partial charge in [0.15, 0.2) is 0 Å². The van der Waals surface area contributed by atoms with Crippen LogP contribution in [0, 0.1) is 0 Å². The van der Waals surface area contributed by atoms with E-state index in [1.165, 1.54) is 0 Å². The summed E-state index contributed by atoms with van der Waals surface area (Å²) in [7, 11) is 3.66. The van der Waals surface area contributed by atoms with Crippen LogP contribution in [-0.4, -0.2) is 61.4 Å². The zero-order valence-electron chi connectivity index (χ0n) is 16.9. The number of halogens is 1. The Kier molecular flexibility index (Phi) is 4.62. The number of phenolic OH excluding ortho intramolecular Hbond substituents is 1. The fourth-order valence-electron chi connectivity index (χ4n) is 4.55. The zero-order chi connectivity index (χ0) is 20.8. The molecule has 4 heterocycles. The Morgan fingerprint density at radius 2 is 2.07 bits per heavy atom. The summed E-state index contributed by atoms with van der Waals surface area (Å²) in [5.74, 6) is 0.478. The molecular weight excluding hydrogens is 385 g/mol. The predicted octanol–water partition coefficient (Wildman–Crippen LogP) is 2.31. The molecular formula is C21H24FN7O. The molecule has 2 N–H and O–H groups in total. The van der Waals surface area contributed by atoms with Gasteiger partial charge in [-0.2, -0.15) is 5.10 Å². The molecule has 4 atom stereocenters. The van der Waals surface area contributed by atoms with E-state index in [0.29, 0.717) is 23.2 Å². The van der Waals surface area contributed by atoms with Crippen LogP contribution < -0.4 is 10.2 Å². The average molecular weight is 409 g/mol. The molecule has 0 saturated carbocycles. The Morgan fingerprint density at radius 1 is 1.20 bits per heavy atom. The molecule has 0 unspecified atom stereocenters. The molecule has 30 heavy (non-hydrogen) atoms. The lowest BCUT2D eigenvalue weighted by molar-refractivity contribution is 0.175. The quantitative estimate of drug-likeness (QED) is 0.683. The second kappa shape index (κ2) is 7.32. The molecule has 5 rings (SSSR count). The molecule has 2 fully saturated rings. The first-order valence-corrected chi connectivity index (χ1v) is 10.1. The van der Waals surface area contributed by atoms with Crippen molar-refractivity contribution in [2.45, 2.75) is 43.6 Å². The average Bonchev–Trinajstić information content (AvgIpc) is 3.37. The minimum atomic E-state index is -0.957. The maximum absolute atomic E-state index is 14.8. The summed E-state index contributed by atoms with van der Waals surface area (Å²) in [5, 5.41) is 26.5. The van der Waals surface area contributed by atoms with Crippen LogP contribution in [-0.2, 0) is 7.05 Å². The van der Waals surface area contributed by atoms with Gasteiger partial charge in [-0.1, -0.05) is 6.07 Å². The number of hydrogen-bond acceptors (Lipinski definition) is 7. The fraction of sp³-hybridized carbons (Fsp3) is 0.429. The van der Waals surface area contributed by atoms with Gasteiger partial charge < -0.3 is 15.3 Å². The van der Waals surface area contributed by atoms with Crippen LogP contribution in [0.1, 0.15) is 19.3 Å². The number of nitrogens with one attached hydrogen (secondary N) is 1. The minimum absolute atomic E-state index is 0.0845. The molecule has 0 amide bonds. The van der Waals surface area contributed by atoms with Gasteiger partial charge in [-0.15, -0.1) is 10.2 Å².